The maximum atomic E-state index is 13.5. The van der Waals surface area contributed by atoms with E-state index in [9.17, 15) is 17.6 Å². The van der Waals surface area contributed by atoms with Gasteiger partial charge in [0.25, 0.3) is 0 Å². The minimum Gasteiger partial charge on any atom is -0.465 e. The van der Waals surface area contributed by atoms with Gasteiger partial charge in [0, 0.05) is 17.6 Å². The predicted molar refractivity (Wildman–Crippen MR) is 114 cm³/mol. The Hall–Kier alpha value is -1.96. The lowest BCUT2D eigenvalue weighted by Crippen LogP contribution is -2.42. The number of esters is 1. The van der Waals surface area contributed by atoms with Crippen LogP contribution in [0.4, 0.5) is 4.39 Å². The van der Waals surface area contributed by atoms with Crippen LogP contribution in [0.15, 0.2) is 53.4 Å². The van der Waals surface area contributed by atoms with Crippen molar-refractivity contribution in [3.8, 4) is 0 Å². The average Bonchev–Trinajstić information content (AvgIpc) is 2.77. The monoisotopic (exact) mass is 453 g/mol. The summed E-state index contributed by atoms with van der Waals surface area (Å²) in [5, 5.41) is 0.453. The van der Waals surface area contributed by atoms with E-state index in [0.717, 1.165) is 18.4 Å². The van der Waals surface area contributed by atoms with Crippen molar-refractivity contribution in [3.05, 3.63) is 64.7 Å². The van der Waals surface area contributed by atoms with Gasteiger partial charge in [0.2, 0.25) is 10.0 Å². The minimum atomic E-state index is -3.82. The van der Waals surface area contributed by atoms with Gasteiger partial charge in [0.05, 0.1) is 24.2 Å². The number of sulfonamides is 1. The molecule has 3 rings (SSSR count). The fraction of sp³-hybridized carbons (Fsp3) is 0.409. The summed E-state index contributed by atoms with van der Waals surface area (Å²) in [5.74, 6) is -0.585. The zero-order chi connectivity index (χ0) is 21.7. The third-order valence-electron chi connectivity index (χ3n) is 5.51. The van der Waals surface area contributed by atoms with Crippen LogP contribution in [0.2, 0.25) is 5.02 Å². The number of methoxy groups -OCH3 is 1. The number of carbonyl (C=O) groups excluding carboxylic acids is 1. The molecule has 1 fully saturated rings. The molecule has 0 N–H and O–H groups in total. The smallest absolute Gasteiger partial charge is 0.337 e. The Morgan fingerprint density at radius 3 is 2.40 bits per heavy atom. The highest BCUT2D eigenvalue weighted by Crippen LogP contribution is 2.33. The summed E-state index contributed by atoms with van der Waals surface area (Å²) in [5.41, 5.74) is 1.13. The van der Waals surface area contributed by atoms with Gasteiger partial charge in [-0.2, -0.15) is 4.31 Å². The first kappa shape index (κ1) is 22.7. The highest BCUT2D eigenvalue weighted by molar-refractivity contribution is 7.89. The van der Waals surface area contributed by atoms with E-state index in [1.807, 2.05) is 0 Å². The first-order valence-electron chi connectivity index (χ1n) is 9.85. The highest BCUT2D eigenvalue weighted by Gasteiger charge is 2.35. The van der Waals surface area contributed by atoms with Crippen molar-refractivity contribution in [2.24, 2.45) is 5.92 Å². The van der Waals surface area contributed by atoms with Gasteiger partial charge in [-0.1, -0.05) is 30.2 Å². The third kappa shape index (κ3) is 5.20. The Balaban J connectivity index is 1.93. The van der Waals surface area contributed by atoms with Crippen molar-refractivity contribution in [1.82, 2.24) is 4.31 Å². The van der Waals surface area contributed by atoms with E-state index < -0.39 is 22.7 Å². The number of nitrogens with zero attached hydrogens (tertiary/aromatic N) is 1. The number of hydrogen-bond donors (Lipinski definition) is 0. The van der Waals surface area contributed by atoms with Gasteiger partial charge in [-0.05, 0) is 67.1 Å². The predicted octanol–water partition coefficient (Wildman–Crippen LogP) is 4.85. The molecule has 2 atom stereocenters. The van der Waals surface area contributed by atoms with Gasteiger partial charge in [0.15, 0.2) is 0 Å². The number of hydrogen-bond acceptors (Lipinski definition) is 4. The lowest BCUT2D eigenvalue weighted by Gasteiger charge is -2.36. The Bertz CT molecular complexity index is 964. The van der Waals surface area contributed by atoms with Crippen LogP contribution in [0.3, 0.4) is 0 Å². The molecule has 1 saturated carbocycles. The standard InChI is InChI=1S/C22H25ClFNO4S/c1-29-22(26)18-7-5-16(6-8-18)15-25(20-4-2-3-17(13-20)14-24)30(27,28)21-11-9-19(23)10-12-21/h5-12,17,20H,2-4,13-15H2,1H3. The molecule has 0 aliphatic heterocycles. The van der Waals surface area contributed by atoms with E-state index in [0.29, 0.717) is 23.4 Å². The van der Waals surface area contributed by atoms with Crippen LogP contribution in [-0.2, 0) is 21.3 Å². The maximum Gasteiger partial charge on any atom is 0.337 e. The number of halogens is 2. The van der Waals surface area contributed by atoms with Crippen molar-refractivity contribution in [2.75, 3.05) is 13.8 Å². The van der Waals surface area contributed by atoms with Crippen LogP contribution in [-0.4, -0.2) is 38.5 Å². The molecule has 8 heteroatoms. The van der Waals surface area contributed by atoms with E-state index in [1.165, 1.54) is 23.5 Å². The molecule has 2 aromatic carbocycles. The maximum absolute atomic E-state index is 13.5. The molecule has 1 aliphatic carbocycles. The fourth-order valence-corrected chi connectivity index (χ4v) is 5.64. The van der Waals surface area contributed by atoms with Crippen LogP contribution in [0.1, 0.15) is 41.6 Å². The SMILES string of the molecule is COC(=O)c1ccc(CN(C2CCCC(CF)C2)S(=O)(=O)c2ccc(Cl)cc2)cc1. The first-order chi connectivity index (χ1) is 14.3. The van der Waals surface area contributed by atoms with E-state index >= 15 is 0 Å². The van der Waals surface area contributed by atoms with Gasteiger partial charge in [-0.15, -0.1) is 0 Å². The normalized spacial score (nSPS) is 19.6. The number of alkyl halides is 1. The molecule has 0 radical (unpaired) electrons. The molecule has 0 spiro atoms. The van der Waals surface area contributed by atoms with Gasteiger partial charge in [-0.25, -0.2) is 13.2 Å². The molecule has 0 aromatic heterocycles. The molecule has 0 amide bonds. The number of ether oxygens (including phenoxy) is 1. The molecule has 0 heterocycles. The van der Waals surface area contributed by atoms with Crippen LogP contribution in [0, 0.1) is 5.92 Å². The number of benzene rings is 2. The van der Waals surface area contributed by atoms with E-state index in [2.05, 4.69) is 0 Å². The fourth-order valence-electron chi connectivity index (χ4n) is 3.86. The zero-order valence-electron chi connectivity index (χ0n) is 16.8. The Morgan fingerprint density at radius 2 is 1.80 bits per heavy atom. The quantitative estimate of drug-likeness (QED) is 0.562. The van der Waals surface area contributed by atoms with Crippen LogP contribution < -0.4 is 0 Å². The second-order valence-electron chi connectivity index (χ2n) is 7.53. The molecule has 2 aromatic rings. The lowest BCUT2D eigenvalue weighted by molar-refractivity contribution is 0.0600. The minimum absolute atomic E-state index is 0.131. The highest BCUT2D eigenvalue weighted by atomic mass is 35.5. The second kappa shape index (κ2) is 9.90. The summed E-state index contributed by atoms with van der Waals surface area (Å²) >= 11 is 5.92. The van der Waals surface area contributed by atoms with Crippen LogP contribution >= 0.6 is 11.6 Å². The van der Waals surface area contributed by atoms with Crippen molar-refractivity contribution in [1.29, 1.82) is 0 Å². The molecule has 2 unspecified atom stereocenters. The molecule has 1 aliphatic rings. The lowest BCUT2D eigenvalue weighted by atomic mass is 9.86. The molecule has 30 heavy (non-hydrogen) atoms. The largest absolute Gasteiger partial charge is 0.465 e. The summed E-state index contributed by atoms with van der Waals surface area (Å²) in [4.78, 5) is 11.8. The Kier molecular flexibility index (Phi) is 7.50. The van der Waals surface area contributed by atoms with E-state index in [1.54, 1.807) is 36.4 Å². The number of carbonyl (C=O) groups is 1. The Morgan fingerprint density at radius 1 is 1.13 bits per heavy atom. The molecular formula is C22H25ClFNO4S. The summed E-state index contributed by atoms with van der Waals surface area (Å²) in [6, 6.07) is 12.4. The Labute approximate surface area is 181 Å². The van der Waals surface area contributed by atoms with Crippen molar-refractivity contribution in [2.45, 2.75) is 43.2 Å². The summed E-state index contributed by atoms with van der Waals surface area (Å²) in [6.07, 6.45) is 2.73. The van der Waals surface area contributed by atoms with Crippen molar-refractivity contribution >= 4 is 27.6 Å². The molecule has 5 nitrogen and oxygen atoms in total. The molecular weight excluding hydrogens is 429 g/mol. The van der Waals surface area contributed by atoms with Crippen LogP contribution in [0.5, 0.6) is 0 Å². The van der Waals surface area contributed by atoms with Gasteiger partial charge in [-0.3, -0.25) is 4.39 Å². The first-order valence-corrected chi connectivity index (χ1v) is 11.7. The summed E-state index contributed by atoms with van der Waals surface area (Å²) in [6.45, 7) is -0.310. The second-order valence-corrected chi connectivity index (χ2v) is 9.86. The van der Waals surface area contributed by atoms with Crippen LogP contribution in [0.25, 0.3) is 0 Å². The molecule has 0 saturated heterocycles. The summed E-state index contributed by atoms with van der Waals surface area (Å²) < 4.78 is 46.5. The average molecular weight is 454 g/mol. The van der Waals surface area contributed by atoms with Gasteiger partial charge >= 0.3 is 5.97 Å². The number of rotatable bonds is 7. The van der Waals surface area contributed by atoms with Gasteiger partial charge < -0.3 is 4.74 Å². The zero-order valence-corrected chi connectivity index (χ0v) is 18.3. The topological polar surface area (TPSA) is 63.7 Å². The van der Waals surface area contributed by atoms with E-state index in [-0.39, 0.29) is 23.4 Å². The van der Waals surface area contributed by atoms with E-state index in [4.69, 9.17) is 16.3 Å². The molecule has 0 bridgehead atoms. The van der Waals surface area contributed by atoms with Crippen molar-refractivity contribution in [3.63, 3.8) is 0 Å². The molecule has 162 valence electrons. The third-order valence-corrected chi connectivity index (χ3v) is 7.68. The summed E-state index contributed by atoms with van der Waals surface area (Å²) in [7, 11) is -2.51. The van der Waals surface area contributed by atoms with Gasteiger partial charge in [0.1, 0.15) is 0 Å². The van der Waals surface area contributed by atoms with Crippen molar-refractivity contribution < 1.29 is 22.3 Å².